The summed E-state index contributed by atoms with van der Waals surface area (Å²) in [6.07, 6.45) is 4.13. The van der Waals surface area contributed by atoms with Crippen LogP contribution in [0.4, 0.5) is 0 Å². The predicted octanol–water partition coefficient (Wildman–Crippen LogP) is 5.57. The average molecular weight is 509 g/mol. The van der Waals surface area contributed by atoms with Gasteiger partial charge in [0, 0.05) is 23.0 Å². The molecule has 1 aliphatic rings. The number of pyridine rings is 1. The number of aromatic nitrogens is 1. The lowest BCUT2D eigenvalue weighted by molar-refractivity contribution is -0.146. The molecule has 4 rings (SSSR count). The van der Waals surface area contributed by atoms with Crippen molar-refractivity contribution >= 4 is 28.6 Å². The van der Waals surface area contributed by atoms with E-state index in [4.69, 9.17) is 4.74 Å². The van der Waals surface area contributed by atoms with Gasteiger partial charge in [-0.2, -0.15) is 0 Å². The van der Waals surface area contributed by atoms with Gasteiger partial charge in [0.1, 0.15) is 5.75 Å². The molecule has 0 aliphatic carbocycles. The van der Waals surface area contributed by atoms with E-state index in [0.29, 0.717) is 19.4 Å². The number of fused-ring (bicyclic) bond motifs is 1. The number of nitrogens with zero attached hydrogens (tertiary/aromatic N) is 2. The maximum absolute atomic E-state index is 12.1. The Morgan fingerprint density at radius 3 is 2.86 bits per heavy atom. The van der Waals surface area contributed by atoms with Crippen LogP contribution < -0.4 is 4.74 Å². The lowest BCUT2D eigenvalue weighted by Crippen LogP contribution is -2.44. The minimum atomic E-state index is -0.729. The third kappa shape index (κ3) is 6.58. The number of hydrogen-bond donors (Lipinski definition) is 2. The molecule has 3 aromatic rings. The molecule has 1 fully saturated rings. The molecule has 1 unspecified atom stereocenters. The first-order chi connectivity index (χ1) is 17.5. The van der Waals surface area contributed by atoms with Crippen molar-refractivity contribution in [3.63, 3.8) is 0 Å². The zero-order valence-electron chi connectivity index (χ0n) is 21.1. The smallest absolute Gasteiger partial charge is 0.308 e. The van der Waals surface area contributed by atoms with E-state index in [-0.39, 0.29) is 5.92 Å². The number of methoxy groups -OCH3 is 1. The van der Waals surface area contributed by atoms with Crippen LogP contribution >= 0.6 is 11.8 Å². The van der Waals surface area contributed by atoms with Crippen LogP contribution in [-0.2, 0) is 4.79 Å². The number of aliphatic hydroxyl groups is 1. The van der Waals surface area contributed by atoms with Crippen molar-refractivity contribution in [2.75, 3.05) is 32.5 Å². The Bertz CT molecular complexity index is 1170. The van der Waals surface area contributed by atoms with Crippen LogP contribution in [0.1, 0.15) is 42.9 Å². The van der Waals surface area contributed by atoms with E-state index in [1.54, 1.807) is 13.3 Å². The van der Waals surface area contributed by atoms with Crippen LogP contribution in [0.25, 0.3) is 10.9 Å². The predicted molar refractivity (Wildman–Crippen MR) is 145 cm³/mol. The van der Waals surface area contributed by atoms with E-state index in [1.165, 1.54) is 10.5 Å². The van der Waals surface area contributed by atoms with Gasteiger partial charge in [0.2, 0.25) is 0 Å². The van der Waals surface area contributed by atoms with Gasteiger partial charge in [-0.25, -0.2) is 0 Å². The van der Waals surface area contributed by atoms with Crippen LogP contribution in [0.5, 0.6) is 5.75 Å². The SMILES string of the molecule is COc1ccc2nccc(C(O)CC[C@@H]3CCN(CCCSc4ccccc4C)C[C@@H]3C(=O)O)c2c1. The fourth-order valence-corrected chi connectivity index (χ4v) is 6.14. The molecule has 192 valence electrons. The molecule has 2 aromatic carbocycles. The highest BCUT2D eigenvalue weighted by atomic mass is 32.2. The highest BCUT2D eigenvalue weighted by molar-refractivity contribution is 7.99. The van der Waals surface area contributed by atoms with E-state index in [0.717, 1.165) is 53.9 Å². The van der Waals surface area contributed by atoms with Crippen molar-refractivity contribution < 1.29 is 19.7 Å². The average Bonchev–Trinajstić information content (AvgIpc) is 2.90. The topological polar surface area (TPSA) is 82.9 Å². The molecule has 0 saturated carbocycles. The highest BCUT2D eigenvalue weighted by Crippen LogP contribution is 2.34. The van der Waals surface area contributed by atoms with Crippen LogP contribution in [0.3, 0.4) is 0 Å². The summed E-state index contributed by atoms with van der Waals surface area (Å²) in [5.41, 5.74) is 2.93. The van der Waals surface area contributed by atoms with E-state index in [2.05, 4.69) is 41.1 Å². The normalized spacial score (nSPS) is 19.3. The summed E-state index contributed by atoms with van der Waals surface area (Å²) >= 11 is 1.87. The van der Waals surface area contributed by atoms with Crippen molar-refractivity contribution in [3.05, 3.63) is 65.9 Å². The molecule has 1 saturated heterocycles. The van der Waals surface area contributed by atoms with E-state index < -0.39 is 18.0 Å². The number of carboxylic acid groups (broad SMARTS) is 1. The third-order valence-corrected chi connectivity index (χ3v) is 8.54. The second kappa shape index (κ2) is 12.6. The monoisotopic (exact) mass is 508 g/mol. The maximum atomic E-state index is 12.1. The molecular formula is C29H36N2O4S. The fraction of sp³-hybridized carbons (Fsp3) is 0.448. The second-order valence-corrected chi connectivity index (χ2v) is 10.8. The van der Waals surface area contributed by atoms with Gasteiger partial charge in [0.15, 0.2) is 0 Å². The van der Waals surface area contributed by atoms with Gasteiger partial charge in [0.05, 0.1) is 24.6 Å². The van der Waals surface area contributed by atoms with Crippen LogP contribution in [0, 0.1) is 18.8 Å². The van der Waals surface area contributed by atoms with E-state index in [9.17, 15) is 15.0 Å². The van der Waals surface area contributed by atoms with Gasteiger partial charge in [-0.1, -0.05) is 18.2 Å². The number of aliphatic carboxylic acids is 1. The quantitative estimate of drug-likeness (QED) is 0.259. The van der Waals surface area contributed by atoms with Gasteiger partial charge in [0.25, 0.3) is 0 Å². The molecule has 2 N–H and O–H groups in total. The van der Waals surface area contributed by atoms with Gasteiger partial charge in [-0.05, 0) is 98.8 Å². The number of thioether (sulfide) groups is 1. The van der Waals surface area contributed by atoms with Gasteiger partial charge in [-0.15, -0.1) is 11.8 Å². The summed E-state index contributed by atoms with van der Waals surface area (Å²) in [5, 5.41) is 21.8. The third-order valence-electron chi connectivity index (χ3n) is 7.28. The first kappa shape index (κ1) is 26.5. The first-order valence-electron chi connectivity index (χ1n) is 12.7. The lowest BCUT2D eigenvalue weighted by Gasteiger charge is -2.37. The number of aliphatic hydroxyl groups excluding tert-OH is 1. The number of likely N-dealkylation sites (tertiary alicyclic amines) is 1. The minimum absolute atomic E-state index is 0.0670. The number of hydrogen-bond acceptors (Lipinski definition) is 6. The molecule has 0 amide bonds. The van der Waals surface area contributed by atoms with E-state index in [1.807, 2.05) is 36.0 Å². The number of carboxylic acids is 1. The molecule has 2 heterocycles. The van der Waals surface area contributed by atoms with Crippen molar-refractivity contribution in [3.8, 4) is 5.75 Å². The Morgan fingerprint density at radius 2 is 2.08 bits per heavy atom. The van der Waals surface area contributed by atoms with Gasteiger partial charge in [-0.3, -0.25) is 9.78 Å². The van der Waals surface area contributed by atoms with Gasteiger partial charge < -0.3 is 19.8 Å². The zero-order valence-corrected chi connectivity index (χ0v) is 21.9. The van der Waals surface area contributed by atoms with Crippen LogP contribution in [0.2, 0.25) is 0 Å². The molecule has 1 aromatic heterocycles. The van der Waals surface area contributed by atoms with Crippen molar-refractivity contribution in [1.82, 2.24) is 9.88 Å². The molecule has 0 radical (unpaired) electrons. The number of piperidine rings is 1. The Hall–Kier alpha value is -2.61. The molecule has 3 atom stereocenters. The number of rotatable bonds is 11. The van der Waals surface area contributed by atoms with Crippen LogP contribution in [-0.4, -0.2) is 58.6 Å². The highest BCUT2D eigenvalue weighted by Gasteiger charge is 2.34. The Labute approximate surface area is 217 Å². The summed E-state index contributed by atoms with van der Waals surface area (Å²) in [6.45, 7) is 4.55. The Balaban J connectivity index is 1.30. The largest absolute Gasteiger partial charge is 0.497 e. The number of ether oxygens (including phenoxy) is 1. The molecule has 36 heavy (non-hydrogen) atoms. The van der Waals surface area contributed by atoms with Crippen molar-refractivity contribution in [2.24, 2.45) is 11.8 Å². The molecule has 1 aliphatic heterocycles. The summed E-state index contributed by atoms with van der Waals surface area (Å²) < 4.78 is 5.34. The minimum Gasteiger partial charge on any atom is -0.497 e. The number of benzene rings is 2. The Morgan fingerprint density at radius 1 is 1.25 bits per heavy atom. The standard InChI is InChI=1S/C29H36N2O4S/c1-20-6-3-4-7-28(20)36-17-5-15-31-16-13-21(25(19-31)29(33)34)8-11-27(32)23-12-14-30-26-10-9-22(35-2)18-24(23)26/h3-4,6-7,9-10,12,14,18,21,25,27,32H,5,8,11,13,15-17,19H2,1-2H3,(H,33,34)/t21-,25+,27?/m1/s1. The zero-order chi connectivity index (χ0) is 25.5. The molecule has 0 bridgehead atoms. The molecule has 7 heteroatoms. The lowest BCUT2D eigenvalue weighted by atomic mass is 9.81. The Kier molecular flexibility index (Phi) is 9.24. The molecular weight excluding hydrogens is 472 g/mol. The fourth-order valence-electron chi connectivity index (χ4n) is 5.18. The van der Waals surface area contributed by atoms with Crippen molar-refractivity contribution in [1.29, 1.82) is 0 Å². The van der Waals surface area contributed by atoms with Crippen molar-refractivity contribution in [2.45, 2.75) is 43.6 Å². The van der Waals surface area contributed by atoms with Crippen LogP contribution in [0.15, 0.2) is 59.6 Å². The molecule has 0 spiro atoms. The summed E-state index contributed by atoms with van der Waals surface area (Å²) in [4.78, 5) is 20.1. The number of aryl methyl sites for hydroxylation is 1. The maximum Gasteiger partial charge on any atom is 0.308 e. The summed E-state index contributed by atoms with van der Waals surface area (Å²) in [5.74, 6) is 0.688. The van der Waals surface area contributed by atoms with Gasteiger partial charge >= 0.3 is 5.97 Å². The summed E-state index contributed by atoms with van der Waals surface area (Å²) in [7, 11) is 1.62. The summed E-state index contributed by atoms with van der Waals surface area (Å²) in [6, 6.07) is 15.9. The second-order valence-electron chi connectivity index (χ2n) is 9.64. The first-order valence-corrected chi connectivity index (χ1v) is 13.7. The molecule has 6 nitrogen and oxygen atoms in total. The number of carbonyl (C=O) groups is 1. The van der Waals surface area contributed by atoms with E-state index >= 15 is 0 Å².